The molecule has 0 aliphatic rings. The number of aryl methyl sites for hydroxylation is 1. The first-order chi connectivity index (χ1) is 11.4. The number of nitrogens with zero attached hydrogens (tertiary/aromatic N) is 1. The number of rotatable bonds is 8. The predicted octanol–water partition coefficient (Wildman–Crippen LogP) is 4.90. The minimum Gasteiger partial charge on any atom is -0.494 e. The van der Waals surface area contributed by atoms with Gasteiger partial charge in [0.25, 0.3) is 0 Å². The lowest BCUT2D eigenvalue weighted by Gasteiger charge is -2.08. The van der Waals surface area contributed by atoms with E-state index in [9.17, 15) is 0 Å². The quantitative estimate of drug-likeness (QED) is 0.553. The lowest BCUT2D eigenvalue weighted by atomic mass is 10.2. The molecule has 0 fully saturated rings. The zero-order chi connectivity index (χ0) is 15.9. The Hall–Kier alpha value is -2.42. The SMILES string of the molecule is CCOc1ccc2c(ccn2CCCCOc2ccccc2)c1. The lowest BCUT2D eigenvalue weighted by Crippen LogP contribution is -2.01. The van der Waals surface area contributed by atoms with Crippen molar-refractivity contribution in [2.45, 2.75) is 26.3 Å². The molecule has 0 bridgehead atoms. The molecule has 0 atom stereocenters. The largest absolute Gasteiger partial charge is 0.494 e. The van der Waals surface area contributed by atoms with Crippen LogP contribution in [-0.2, 0) is 6.54 Å². The van der Waals surface area contributed by atoms with Crippen molar-refractivity contribution < 1.29 is 9.47 Å². The van der Waals surface area contributed by atoms with Gasteiger partial charge in [-0.25, -0.2) is 0 Å². The number of fused-ring (bicyclic) bond motifs is 1. The Balaban J connectivity index is 1.49. The predicted molar refractivity (Wildman–Crippen MR) is 94.3 cm³/mol. The molecule has 0 aliphatic heterocycles. The second-order valence-corrected chi connectivity index (χ2v) is 5.53. The molecule has 0 saturated heterocycles. The summed E-state index contributed by atoms with van der Waals surface area (Å²) in [5.41, 5.74) is 1.26. The standard InChI is InChI=1S/C20H23NO2/c1-2-22-19-10-11-20-17(16-19)12-14-21(20)13-6-7-15-23-18-8-4-3-5-9-18/h3-5,8-12,14,16H,2,6-7,13,15H2,1H3. The van der Waals surface area contributed by atoms with Crippen molar-refractivity contribution in [3.8, 4) is 11.5 Å². The van der Waals surface area contributed by atoms with E-state index in [4.69, 9.17) is 9.47 Å². The number of para-hydroxylation sites is 1. The third-order valence-corrected chi connectivity index (χ3v) is 3.86. The minimum absolute atomic E-state index is 0.702. The van der Waals surface area contributed by atoms with Gasteiger partial charge in [-0.1, -0.05) is 18.2 Å². The molecule has 0 amide bonds. The van der Waals surface area contributed by atoms with Crippen LogP contribution in [0.1, 0.15) is 19.8 Å². The smallest absolute Gasteiger partial charge is 0.120 e. The molecule has 1 aromatic heterocycles. The van der Waals surface area contributed by atoms with E-state index < -0.39 is 0 Å². The third kappa shape index (κ3) is 4.07. The van der Waals surface area contributed by atoms with Crippen molar-refractivity contribution in [1.29, 1.82) is 0 Å². The van der Waals surface area contributed by atoms with Crippen LogP contribution in [0.2, 0.25) is 0 Å². The number of hydrogen-bond acceptors (Lipinski definition) is 2. The maximum absolute atomic E-state index is 5.73. The van der Waals surface area contributed by atoms with Crippen LogP contribution in [0.25, 0.3) is 10.9 Å². The summed E-state index contributed by atoms with van der Waals surface area (Å²) in [5, 5.41) is 1.23. The van der Waals surface area contributed by atoms with Gasteiger partial charge in [0.2, 0.25) is 0 Å². The molecule has 3 rings (SSSR count). The highest BCUT2D eigenvalue weighted by Crippen LogP contribution is 2.22. The Labute approximate surface area is 137 Å². The Morgan fingerprint density at radius 3 is 2.57 bits per heavy atom. The van der Waals surface area contributed by atoms with Crippen molar-refractivity contribution in [3.05, 3.63) is 60.8 Å². The molecule has 120 valence electrons. The molecule has 2 aromatic carbocycles. The van der Waals surface area contributed by atoms with E-state index >= 15 is 0 Å². The zero-order valence-electron chi connectivity index (χ0n) is 13.6. The van der Waals surface area contributed by atoms with Crippen molar-refractivity contribution in [2.24, 2.45) is 0 Å². The number of unbranched alkanes of at least 4 members (excludes halogenated alkanes) is 1. The number of hydrogen-bond donors (Lipinski definition) is 0. The van der Waals surface area contributed by atoms with Crippen LogP contribution in [0.15, 0.2) is 60.8 Å². The normalized spacial score (nSPS) is 10.8. The van der Waals surface area contributed by atoms with Crippen molar-refractivity contribution in [3.63, 3.8) is 0 Å². The first kappa shape index (κ1) is 15.5. The number of benzene rings is 2. The number of aromatic nitrogens is 1. The van der Waals surface area contributed by atoms with E-state index in [-0.39, 0.29) is 0 Å². The monoisotopic (exact) mass is 309 g/mol. The molecule has 3 nitrogen and oxygen atoms in total. The fourth-order valence-electron chi connectivity index (χ4n) is 2.72. The van der Waals surface area contributed by atoms with E-state index in [1.54, 1.807) is 0 Å². The molecule has 0 N–H and O–H groups in total. The molecule has 0 radical (unpaired) electrons. The van der Waals surface area contributed by atoms with Crippen molar-refractivity contribution in [2.75, 3.05) is 13.2 Å². The van der Waals surface area contributed by atoms with Gasteiger partial charge in [-0.3, -0.25) is 0 Å². The third-order valence-electron chi connectivity index (χ3n) is 3.86. The van der Waals surface area contributed by atoms with Gasteiger partial charge in [-0.2, -0.15) is 0 Å². The van der Waals surface area contributed by atoms with E-state index in [2.05, 4.69) is 29.0 Å². The van der Waals surface area contributed by atoms with E-state index in [0.717, 1.165) is 37.5 Å². The van der Waals surface area contributed by atoms with E-state index in [1.807, 2.05) is 43.3 Å². The summed E-state index contributed by atoms with van der Waals surface area (Å²) in [7, 11) is 0. The highest BCUT2D eigenvalue weighted by molar-refractivity contribution is 5.81. The highest BCUT2D eigenvalue weighted by Gasteiger charge is 2.03. The average molecular weight is 309 g/mol. The topological polar surface area (TPSA) is 23.4 Å². The summed E-state index contributed by atoms with van der Waals surface area (Å²) in [4.78, 5) is 0. The molecular weight excluding hydrogens is 286 g/mol. The zero-order valence-corrected chi connectivity index (χ0v) is 13.6. The Morgan fingerprint density at radius 2 is 1.74 bits per heavy atom. The second-order valence-electron chi connectivity index (χ2n) is 5.53. The summed E-state index contributed by atoms with van der Waals surface area (Å²) in [6, 6.07) is 18.4. The maximum atomic E-state index is 5.73. The van der Waals surface area contributed by atoms with Crippen LogP contribution in [0.5, 0.6) is 11.5 Å². The first-order valence-electron chi connectivity index (χ1n) is 8.26. The van der Waals surface area contributed by atoms with Crippen LogP contribution in [-0.4, -0.2) is 17.8 Å². The summed E-state index contributed by atoms with van der Waals surface area (Å²) in [6.07, 6.45) is 4.30. The molecule has 23 heavy (non-hydrogen) atoms. The Bertz CT molecular complexity index is 734. The van der Waals surface area contributed by atoms with Gasteiger partial charge in [-0.15, -0.1) is 0 Å². The van der Waals surface area contributed by atoms with E-state index in [1.165, 1.54) is 10.9 Å². The van der Waals surface area contributed by atoms with Crippen LogP contribution in [0, 0.1) is 0 Å². The fraction of sp³-hybridized carbons (Fsp3) is 0.300. The molecule has 0 aliphatic carbocycles. The van der Waals surface area contributed by atoms with Crippen LogP contribution in [0.3, 0.4) is 0 Å². The van der Waals surface area contributed by atoms with Gasteiger partial charge in [0.1, 0.15) is 11.5 Å². The lowest BCUT2D eigenvalue weighted by molar-refractivity contribution is 0.303. The molecule has 1 heterocycles. The Kier molecular flexibility index (Phi) is 5.20. The van der Waals surface area contributed by atoms with Crippen LogP contribution in [0.4, 0.5) is 0 Å². The molecule has 3 heteroatoms. The van der Waals surface area contributed by atoms with E-state index in [0.29, 0.717) is 6.61 Å². The van der Waals surface area contributed by atoms with Crippen molar-refractivity contribution >= 4 is 10.9 Å². The second kappa shape index (κ2) is 7.73. The average Bonchev–Trinajstić information content (AvgIpc) is 2.98. The minimum atomic E-state index is 0.702. The fourth-order valence-corrected chi connectivity index (χ4v) is 2.72. The first-order valence-corrected chi connectivity index (χ1v) is 8.26. The van der Waals surface area contributed by atoms with Crippen LogP contribution >= 0.6 is 0 Å². The highest BCUT2D eigenvalue weighted by atomic mass is 16.5. The molecule has 0 spiro atoms. The molecule has 3 aromatic rings. The van der Waals surface area contributed by atoms with Gasteiger partial charge >= 0.3 is 0 Å². The van der Waals surface area contributed by atoms with Gasteiger partial charge in [0, 0.05) is 23.6 Å². The Morgan fingerprint density at radius 1 is 0.870 bits per heavy atom. The summed E-state index contributed by atoms with van der Waals surface area (Å²) in [6.45, 7) is 4.48. The summed E-state index contributed by atoms with van der Waals surface area (Å²) in [5.74, 6) is 1.89. The maximum Gasteiger partial charge on any atom is 0.120 e. The summed E-state index contributed by atoms with van der Waals surface area (Å²) < 4.78 is 13.6. The molecular formula is C20H23NO2. The number of ether oxygens (including phenoxy) is 2. The van der Waals surface area contributed by atoms with Gasteiger partial charge in [0.15, 0.2) is 0 Å². The summed E-state index contributed by atoms with van der Waals surface area (Å²) >= 11 is 0. The molecule has 0 unspecified atom stereocenters. The van der Waals surface area contributed by atoms with Gasteiger partial charge < -0.3 is 14.0 Å². The molecule has 0 saturated carbocycles. The van der Waals surface area contributed by atoms with Crippen LogP contribution < -0.4 is 9.47 Å². The van der Waals surface area contributed by atoms with Gasteiger partial charge in [-0.05, 0) is 56.2 Å². The van der Waals surface area contributed by atoms with Gasteiger partial charge in [0.05, 0.1) is 13.2 Å². The van der Waals surface area contributed by atoms with Crippen molar-refractivity contribution in [1.82, 2.24) is 4.57 Å².